The molecule has 0 fully saturated rings. The number of hydrogen-bond donors (Lipinski definition) is 1. The van der Waals surface area contributed by atoms with Gasteiger partial charge in [-0.25, -0.2) is 14.1 Å². The molecule has 0 atom stereocenters. The minimum absolute atomic E-state index is 0.209. The lowest BCUT2D eigenvalue weighted by Gasteiger charge is -2.06. The van der Waals surface area contributed by atoms with Crippen LogP contribution in [0.25, 0.3) is 16.9 Å². The number of aromatic nitrogens is 3. The van der Waals surface area contributed by atoms with Gasteiger partial charge in [0.15, 0.2) is 5.82 Å². The van der Waals surface area contributed by atoms with Gasteiger partial charge in [0.2, 0.25) is 0 Å². The van der Waals surface area contributed by atoms with Gasteiger partial charge in [0.25, 0.3) is 0 Å². The van der Waals surface area contributed by atoms with E-state index in [1.807, 2.05) is 36.5 Å². The molecular weight excluding hydrogens is 255 g/mol. The predicted octanol–water partition coefficient (Wildman–Crippen LogP) is 2.53. The fourth-order valence-corrected chi connectivity index (χ4v) is 2.05. The van der Waals surface area contributed by atoms with Gasteiger partial charge in [-0.15, -0.1) is 0 Å². The molecule has 0 bridgehead atoms. The summed E-state index contributed by atoms with van der Waals surface area (Å²) < 4.78 is 14.8. The van der Waals surface area contributed by atoms with Crippen molar-refractivity contribution < 1.29 is 4.39 Å². The van der Waals surface area contributed by atoms with Crippen molar-refractivity contribution in [3.8, 4) is 16.9 Å². The third-order valence-electron chi connectivity index (χ3n) is 3.04. The van der Waals surface area contributed by atoms with Crippen LogP contribution in [-0.2, 0) is 6.54 Å². The highest BCUT2D eigenvalue weighted by Crippen LogP contribution is 2.20. The Balaban J connectivity index is 2.02. The van der Waals surface area contributed by atoms with Crippen LogP contribution in [0.3, 0.4) is 0 Å². The maximum atomic E-state index is 13.2. The Labute approximate surface area is 115 Å². The van der Waals surface area contributed by atoms with Crippen molar-refractivity contribution in [1.82, 2.24) is 14.8 Å². The van der Waals surface area contributed by atoms with Crippen molar-refractivity contribution in [1.29, 1.82) is 0 Å². The van der Waals surface area contributed by atoms with E-state index in [0.29, 0.717) is 11.4 Å². The number of nitrogens with zero attached hydrogens (tertiary/aromatic N) is 3. The van der Waals surface area contributed by atoms with E-state index in [2.05, 4.69) is 10.1 Å². The Bertz CT molecular complexity index is 722. The second-order valence-corrected chi connectivity index (χ2v) is 4.38. The maximum absolute atomic E-state index is 13.2. The molecule has 0 unspecified atom stereocenters. The molecule has 5 heteroatoms. The van der Waals surface area contributed by atoms with E-state index in [1.165, 1.54) is 12.3 Å². The zero-order valence-corrected chi connectivity index (χ0v) is 10.7. The molecule has 1 aromatic carbocycles. The van der Waals surface area contributed by atoms with E-state index < -0.39 is 5.82 Å². The number of nitrogens with two attached hydrogens (primary N) is 1. The summed E-state index contributed by atoms with van der Waals surface area (Å²) in [5.74, 6) is 0.153. The third kappa shape index (κ3) is 2.31. The summed E-state index contributed by atoms with van der Waals surface area (Å²) in [5.41, 5.74) is 8.28. The van der Waals surface area contributed by atoms with E-state index in [0.717, 1.165) is 11.1 Å². The molecule has 0 amide bonds. The number of benzene rings is 1. The molecule has 0 saturated carbocycles. The highest BCUT2D eigenvalue weighted by molar-refractivity contribution is 5.61. The van der Waals surface area contributed by atoms with Crippen molar-refractivity contribution in [3.63, 3.8) is 0 Å². The van der Waals surface area contributed by atoms with Crippen LogP contribution in [-0.4, -0.2) is 14.8 Å². The van der Waals surface area contributed by atoms with Gasteiger partial charge >= 0.3 is 0 Å². The van der Waals surface area contributed by atoms with Crippen molar-refractivity contribution >= 4 is 0 Å². The molecule has 4 nitrogen and oxygen atoms in total. The molecule has 2 aromatic heterocycles. The lowest BCUT2D eigenvalue weighted by molar-refractivity contribution is 0.615. The van der Waals surface area contributed by atoms with Crippen molar-refractivity contribution in [2.45, 2.75) is 6.54 Å². The molecule has 0 aliphatic rings. The summed E-state index contributed by atoms with van der Waals surface area (Å²) in [5, 5.41) is 4.28. The molecule has 0 radical (unpaired) electrons. The number of rotatable bonds is 3. The van der Waals surface area contributed by atoms with Crippen molar-refractivity contribution in [3.05, 3.63) is 66.4 Å². The summed E-state index contributed by atoms with van der Waals surface area (Å²) in [6, 6.07) is 11.3. The molecule has 20 heavy (non-hydrogen) atoms. The SMILES string of the molecule is NCc1cc(F)cnc1-n1cc(-c2ccccc2)cn1. The van der Waals surface area contributed by atoms with Gasteiger partial charge in [0.1, 0.15) is 5.82 Å². The monoisotopic (exact) mass is 268 g/mol. The quantitative estimate of drug-likeness (QED) is 0.794. The molecule has 0 aliphatic heterocycles. The first-order chi connectivity index (χ1) is 9.78. The van der Waals surface area contributed by atoms with Crippen LogP contribution >= 0.6 is 0 Å². The summed E-state index contributed by atoms with van der Waals surface area (Å²) in [4.78, 5) is 4.07. The molecule has 3 aromatic rings. The Morgan fingerprint density at radius 3 is 2.65 bits per heavy atom. The molecule has 100 valence electrons. The standard InChI is InChI=1S/C15H13FN4/c16-14-6-12(7-17)15(18-9-14)20-10-13(8-19-20)11-4-2-1-3-5-11/h1-6,8-10H,7,17H2. The van der Waals surface area contributed by atoms with E-state index in [9.17, 15) is 4.39 Å². The summed E-state index contributed by atoms with van der Waals surface area (Å²) in [7, 11) is 0. The largest absolute Gasteiger partial charge is 0.326 e. The Morgan fingerprint density at radius 1 is 1.10 bits per heavy atom. The van der Waals surface area contributed by atoms with Gasteiger partial charge in [-0.3, -0.25) is 0 Å². The van der Waals surface area contributed by atoms with Gasteiger partial charge in [0.05, 0.1) is 12.4 Å². The number of hydrogen-bond acceptors (Lipinski definition) is 3. The van der Waals surface area contributed by atoms with Crippen molar-refractivity contribution in [2.24, 2.45) is 5.73 Å². The van der Waals surface area contributed by atoms with Gasteiger partial charge in [0, 0.05) is 23.9 Å². The fourth-order valence-electron chi connectivity index (χ4n) is 2.05. The summed E-state index contributed by atoms with van der Waals surface area (Å²) in [6.45, 7) is 0.209. The first-order valence-corrected chi connectivity index (χ1v) is 6.23. The van der Waals surface area contributed by atoms with Crippen LogP contribution in [0.4, 0.5) is 4.39 Å². The normalized spacial score (nSPS) is 10.7. The first-order valence-electron chi connectivity index (χ1n) is 6.23. The minimum Gasteiger partial charge on any atom is -0.326 e. The van der Waals surface area contributed by atoms with E-state index in [-0.39, 0.29) is 6.54 Å². The lowest BCUT2D eigenvalue weighted by Crippen LogP contribution is -2.07. The van der Waals surface area contributed by atoms with E-state index in [1.54, 1.807) is 10.9 Å². The fraction of sp³-hybridized carbons (Fsp3) is 0.0667. The molecular formula is C15H13FN4. The van der Waals surface area contributed by atoms with E-state index in [4.69, 9.17) is 5.73 Å². The second-order valence-electron chi connectivity index (χ2n) is 4.38. The molecule has 3 rings (SSSR count). The average molecular weight is 268 g/mol. The van der Waals surface area contributed by atoms with Crippen LogP contribution in [0.15, 0.2) is 55.0 Å². The van der Waals surface area contributed by atoms with Crippen LogP contribution in [0, 0.1) is 5.82 Å². The molecule has 0 aliphatic carbocycles. The molecule has 0 saturated heterocycles. The highest BCUT2D eigenvalue weighted by Gasteiger charge is 2.09. The summed E-state index contributed by atoms with van der Waals surface area (Å²) in [6.07, 6.45) is 4.77. The van der Waals surface area contributed by atoms with Crippen LogP contribution in [0.1, 0.15) is 5.56 Å². The smallest absolute Gasteiger partial charge is 0.157 e. The topological polar surface area (TPSA) is 56.7 Å². The molecule has 2 heterocycles. The van der Waals surface area contributed by atoms with Gasteiger partial charge in [-0.05, 0) is 11.6 Å². The summed E-state index contributed by atoms with van der Waals surface area (Å²) >= 11 is 0. The molecule has 0 spiro atoms. The maximum Gasteiger partial charge on any atom is 0.157 e. The van der Waals surface area contributed by atoms with Crippen molar-refractivity contribution in [2.75, 3.05) is 0 Å². The zero-order chi connectivity index (χ0) is 13.9. The van der Waals surface area contributed by atoms with Crippen LogP contribution in [0.2, 0.25) is 0 Å². The Morgan fingerprint density at radius 2 is 1.90 bits per heavy atom. The first kappa shape index (κ1) is 12.5. The Kier molecular flexibility index (Phi) is 3.26. The minimum atomic E-state index is -0.398. The highest BCUT2D eigenvalue weighted by atomic mass is 19.1. The Hall–Kier alpha value is -2.53. The van der Waals surface area contributed by atoms with Gasteiger partial charge in [-0.2, -0.15) is 5.10 Å². The van der Waals surface area contributed by atoms with Crippen LogP contribution < -0.4 is 5.73 Å². The number of halogens is 1. The lowest BCUT2D eigenvalue weighted by atomic mass is 10.1. The predicted molar refractivity (Wildman–Crippen MR) is 74.6 cm³/mol. The molecule has 2 N–H and O–H groups in total. The van der Waals surface area contributed by atoms with Gasteiger partial charge < -0.3 is 5.73 Å². The van der Waals surface area contributed by atoms with Crippen LogP contribution in [0.5, 0.6) is 0 Å². The second kappa shape index (κ2) is 5.22. The third-order valence-corrected chi connectivity index (χ3v) is 3.04. The van der Waals surface area contributed by atoms with E-state index >= 15 is 0 Å². The average Bonchev–Trinajstić information content (AvgIpc) is 2.97. The number of pyridine rings is 1. The zero-order valence-electron chi connectivity index (χ0n) is 10.7. The van der Waals surface area contributed by atoms with Gasteiger partial charge in [-0.1, -0.05) is 30.3 Å².